The van der Waals surface area contributed by atoms with Crippen molar-refractivity contribution in [3.63, 3.8) is 0 Å². The van der Waals surface area contributed by atoms with Crippen LogP contribution in [0.15, 0.2) is 0 Å². The van der Waals surface area contributed by atoms with Crippen LogP contribution in [0, 0.1) is 0 Å². The average Bonchev–Trinajstić information content (AvgIpc) is 1.95. The van der Waals surface area contributed by atoms with Crippen LogP contribution in [-0.2, 0) is 0 Å². The number of rotatable bonds is 1. The Hall–Kier alpha value is -0.770. The Morgan fingerprint density at radius 1 is 0.471 bits per heavy atom. The Labute approximate surface area is 86.4 Å². The molecule has 104 valence electrons. The monoisotopic (exact) mass is 284 g/mol. The fraction of sp³-hybridized carbons (Fsp3) is 1.00. The lowest BCUT2D eigenvalue weighted by molar-refractivity contribution is -0.411. The molecule has 0 spiro atoms. The van der Waals surface area contributed by atoms with Crippen molar-refractivity contribution in [1.82, 2.24) is 0 Å². The van der Waals surface area contributed by atoms with Gasteiger partial charge in [-0.3, -0.25) is 0 Å². The summed E-state index contributed by atoms with van der Waals surface area (Å²) < 4.78 is 132. The van der Waals surface area contributed by atoms with Crippen molar-refractivity contribution >= 4 is 0 Å². The van der Waals surface area contributed by atoms with Crippen LogP contribution < -0.4 is 0 Å². The van der Waals surface area contributed by atoms with Crippen LogP contribution in [0.3, 0.4) is 0 Å². The minimum absolute atomic E-state index is 1.16. The zero-order valence-corrected chi connectivity index (χ0v) is 7.66. The molecule has 1 unspecified atom stereocenters. The van der Waals surface area contributed by atoms with Gasteiger partial charge in [-0.05, 0) is 6.92 Å². The van der Waals surface area contributed by atoms with Crippen molar-refractivity contribution in [2.75, 3.05) is 0 Å². The summed E-state index contributed by atoms with van der Waals surface area (Å²) >= 11 is 0. The molecule has 0 amide bonds. The molecule has 1 atom stereocenters. The van der Waals surface area contributed by atoms with Crippen molar-refractivity contribution in [2.45, 2.75) is 36.8 Å². The molecule has 0 rings (SSSR count). The van der Waals surface area contributed by atoms with Crippen molar-refractivity contribution in [3.8, 4) is 0 Å². The molecule has 0 N–H and O–H groups in total. The first kappa shape index (κ1) is 16.2. The summed E-state index contributed by atoms with van der Waals surface area (Å²) in [6.07, 6.45) is -20.9. The minimum atomic E-state index is -7.11. The second kappa shape index (κ2) is 3.61. The molecular weight excluding hydrogens is 281 g/mol. The molecule has 0 aliphatic carbocycles. The third-order valence-corrected chi connectivity index (χ3v) is 1.96. The molecule has 0 fully saturated rings. The van der Waals surface area contributed by atoms with E-state index in [1.54, 1.807) is 0 Å². The third kappa shape index (κ3) is 2.15. The second-order valence-electron chi connectivity index (χ2n) is 3.15. The van der Waals surface area contributed by atoms with Crippen molar-refractivity contribution in [3.05, 3.63) is 0 Å². The van der Waals surface area contributed by atoms with Gasteiger partial charge in [0.05, 0.1) is 0 Å². The highest BCUT2D eigenvalue weighted by Crippen LogP contribution is 2.58. The molecule has 0 aliphatic heterocycles. The van der Waals surface area contributed by atoms with Crippen LogP contribution in [0.25, 0.3) is 0 Å². The molecule has 0 bridgehead atoms. The van der Waals surface area contributed by atoms with E-state index in [9.17, 15) is 48.3 Å². The maximum absolute atomic E-state index is 12.7. The Kier molecular flexibility index (Phi) is 3.45. The Bertz CT molecular complexity index is 262. The first-order chi connectivity index (χ1) is 7.00. The van der Waals surface area contributed by atoms with E-state index in [0.717, 1.165) is 0 Å². The molecule has 0 nitrogen and oxygen atoms in total. The van der Waals surface area contributed by atoms with Gasteiger partial charge in [0.2, 0.25) is 0 Å². The Balaban J connectivity index is 6.04. The maximum atomic E-state index is 12.7. The zero-order chi connectivity index (χ0) is 14.5. The van der Waals surface area contributed by atoms with E-state index in [-0.39, 0.29) is 0 Å². The molecule has 0 heterocycles. The van der Waals surface area contributed by atoms with Gasteiger partial charge in [-0.1, -0.05) is 0 Å². The van der Waals surface area contributed by atoms with Gasteiger partial charge in [0.25, 0.3) is 5.67 Å². The third-order valence-electron chi connectivity index (χ3n) is 1.96. The lowest BCUT2D eigenvalue weighted by Crippen LogP contribution is -2.69. The first-order valence-corrected chi connectivity index (χ1v) is 3.58. The molecule has 0 aliphatic rings. The molecule has 0 aromatic heterocycles. The van der Waals surface area contributed by atoms with Crippen molar-refractivity contribution in [2.24, 2.45) is 0 Å². The minimum Gasteiger partial charge on any atom is -0.230 e. The van der Waals surface area contributed by atoms with Gasteiger partial charge >= 0.3 is 24.2 Å². The smallest absolute Gasteiger partial charge is 0.230 e. The standard InChI is InChI=1S/C6H3F11/c1-2(7,4(9,10)11)3(8,5(12,13)14)6(15,16)17/h1H3. The summed E-state index contributed by atoms with van der Waals surface area (Å²) in [7, 11) is 0. The highest BCUT2D eigenvalue weighted by Gasteiger charge is 2.87. The van der Waals surface area contributed by atoms with E-state index in [2.05, 4.69) is 0 Å². The lowest BCUT2D eigenvalue weighted by atomic mass is 9.85. The second-order valence-corrected chi connectivity index (χ2v) is 3.15. The maximum Gasteiger partial charge on any atom is 0.435 e. The largest absolute Gasteiger partial charge is 0.435 e. The van der Waals surface area contributed by atoms with Gasteiger partial charge in [-0.15, -0.1) is 0 Å². The van der Waals surface area contributed by atoms with E-state index >= 15 is 0 Å². The quantitative estimate of drug-likeness (QED) is 0.636. The molecule has 0 saturated carbocycles. The van der Waals surface area contributed by atoms with Crippen molar-refractivity contribution in [1.29, 1.82) is 0 Å². The number of hydrogen-bond acceptors (Lipinski definition) is 0. The predicted octanol–water partition coefficient (Wildman–Crippen LogP) is 4.11. The average molecular weight is 284 g/mol. The molecular formula is C6H3F11. The summed E-state index contributed by atoms with van der Waals surface area (Å²) in [5, 5.41) is 0. The van der Waals surface area contributed by atoms with Crippen LogP contribution in [0.1, 0.15) is 6.92 Å². The first-order valence-electron chi connectivity index (χ1n) is 3.58. The van der Waals surface area contributed by atoms with E-state index in [0.29, 0.717) is 0 Å². The summed E-state index contributed by atoms with van der Waals surface area (Å²) in [6.45, 7) is -1.16. The van der Waals surface area contributed by atoms with Gasteiger partial charge < -0.3 is 0 Å². The topological polar surface area (TPSA) is 0 Å². The molecule has 0 aromatic carbocycles. The zero-order valence-electron chi connectivity index (χ0n) is 7.66. The molecule has 17 heavy (non-hydrogen) atoms. The van der Waals surface area contributed by atoms with Gasteiger partial charge in [-0.2, -0.15) is 39.5 Å². The fourth-order valence-corrected chi connectivity index (χ4v) is 0.888. The Morgan fingerprint density at radius 2 is 0.706 bits per heavy atom. The number of halogens is 11. The lowest BCUT2D eigenvalue weighted by Gasteiger charge is -2.39. The highest BCUT2D eigenvalue weighted by molar-refractivity contribution is 5.11. The van der Waals surface area contributed by atoms with E-state index in [4.69, 9.17) is 0 Å². The van der Waals surface area contributed by atoms with E-state index < -0.39 is 36.8 Å². The van der Waals surface area contributed by atoms with Gasteiger partial charge in [0.1, 0.15) is 0 Å². The molecule has 11 heteroatoms. The predicted molar refractivity (Wildman–Crippen MR) is 31.5 cm³/mol. The number of hydrogen-bond donors (Lipinski definition) is 0. The molecule has 0 saturated heterocycles. The van der Waals surface area contributed by atoms with Crippen LogP contribution in [-0.4, -0.2) is 29.9 Å². The fourth-order valence-electron chi connectivity index (χ4n) is 0.888. The van der Waals surface area contributed by atoms with Crippen LogP contribution in [0.2, 0.25) is 0 Å². The van der Waals surface area contributed by atoms with Crippen molar-refractivity contribution < 1.29 is 48.3 Å². The normalized spacial score (nSPS) is 19.1. The van der Waals surface area contributed by atoms with E-state index in [1.165, 1.54) is 0 Å². The SMILES string of the molecule is CC(F)(C(F)(F)F)C(F)(C(F)(F)F)C(F)(F)F. The summed E-state index contributed by atoms with van der Waals surface area (Å²) in [5.41, 5.74) is -13.2. The van der Waals surface area contributed by atoms with E-state index in [1.807, 2.05) is 0 Å². The molecule has 0 aromatic rings. The van der Waals surface area contributed by atoms with Crippen LogP contribution >= 0.6 is 0 Å². The van der Waals surface area contributed by atoms with Crippen LogP contribution in [0.4, 0.5) is 48.3 Å². The van der Waals surface area contributed by atoms with Gasteiger partial charge in [0, 0.05) is 0 Å². The summed E-state index contributed by atoms with van der Waals surface area (Å²) in [5.74, 6) is 0. The van der Waals surface area contributed by atoms with Gasteiger partial charge in [-0.25, -0.2) is 8.78 Å². The summed E-state index contributed by atoms with van der Waals surface area (Å²) in [6, 6.07) is 0. The Morgan fingerprint density at radius 3 is 0.765 bits per heavy atom. The number of alkyl halides is 11. The molecule has 0 radical (unpaired) electrons. The highest BCUT2D eigenvalue weighted by atomic mass is 19.4. The van der Waals surface area contributed by atoms with Crippen LogP contribution in [0.5, 0.6) is 0 Å². The van der Waals surface area contributed by atoms with Gasteiger partial charge in [0.15, 0.2) is 0 Å². The summed E-state index contributed by atoms with van der Waals surface area (Å²) in [4.78, 5) is 0.